The third-order valence-corrected chi connectivity index (χ3v) is 7.71. The van der Waals surface area contributed by atoms with Gasteiger partial charge in [-0.3, -0.25) is 14.3 Å². The molecular weight excluding hydrogens is 440 g/mol. The molecule has 1 fully saturated rings. The predicted molar refractivity (Wildman–Crippen MR) is 136 cm³/mol. The van der Waals surface area contributed by atoms with Crippen molar-refractivity contribution in [2.24, 2.45) is 12.5 Å². The Morgan fingerprint density at radius 2 is 1.89 bits per heavy atom. The van der Waals surface area contributed by atoms with E-state index in [1.54, 1.807) is 4.68 Å². The van der Waals surface area contributed by atoms with Gasteiger partial charge in [-0.15, -0.1) is 0 Å². The Balaban J connectivity index is 1.43. The number of benzene rings is 1. The normalized spacial score (nSPS) is 19.1. The zero-order valence-electron chi connectivity index (χ0n) is 21.5. The standard InChI is InChI=1S/C28H40N4O3/c1-22(2)32-18-19-35-25-10-5-4-8-24(25)9-6-7-13-28(27(32)34)14-16-31(17-15-28)26(33)12-11-23-20-29-30(3)21-23/h4-5,8,10,20-22H,6-7,9,11-19H2,1-3H3. The molecule has 0 saturated carbocycles. The lowest BCUT2D eigenvalue weighted by molar-refractivity contribution is -0.151. The van der Waals surface area contributed by atoms with Crippen molar-refractivity contribution in [3.05, 3.63) is 47.8 Å². The summed E-state index contributed by atoms with van der Waals surface area (Å²) in [6.45, 7) is 6.56. The number of fused-ring (bicyclic) bond motifs is 1. The molecule has 2 aliphatic heterocycles. The number of aromatic nitrogens is 2. The largest absolute Gasteiger partial charge is 0.491 e. The summed E-state index contributed by atoms with van der Waals surface area (Å²) in [6, 6.07) is 8.38. The van der Waals surface area contributed by atoms with Crippen molar-refractivity contribution < 1.29 is 14.3 Å². The van der Waals surface area contributed by atoms with Crippen LogP contribution >= 0.6 is 0 Å². The van der Waals surface area contributed by atoms with E-state index in [0.29, 0.717) is 39.1 Å². The SMILES string of the molecule is CC(C)N1CCOc2ccccc2CCCCC2(CCN(C(=O)CCc3cnn(C)c3)CC2)C1=O. The van der Waals surface area contributed by atoms with Crippen LogP contribution in [0.5, 0.6) is 5.75 Å². The highest BCUT2D eigenvalue weighted by Gasteiger charge is 2.44. The Bertz CT molecular complexity index is 1010. The monoisotopic (exact) mass is 480 g/mol. The van der Waals surface area contributed by atoms with Crippen molar-refractivity contribution in [3.8, 4) is 5.75 Å². The number of hydrogen-bond acceptors (Lipinski definition) is 4. The molecule has 1 spiro atoms. The van der Waals surface area contributed by atoms with Crippen LogP contribution in [0.4, 0.5) is 0 Å². The summed E-state index contributed by atoms with van der Waals surface area (Å²) in [6.07, 6.45) is 10.3. The number of nitrogens with zero attached hydrogens (tertiary/aromatic N) is 4. The molecule has 2 amide bonds. The molecule has 190 valence electrons. The third-order valence-electron chi connectivity index (χ3n) is 7.71. The molecule has 2 aliphatic rings. The number of likely N-dealkylation sites (tertiary alicyclic amines) is 1. The number of amides is 2. The van der Waals surface area contributed by atoms with Crippen LogP contribution in [0.1, 0.15) is 63.5 Å². The number of hydrogen-bond donors (Lipinski definition) is 0. The van der Waals surface area contributed by atoms with Gasteiger partial charge in [0.25, 0.3) is 0 Å². The van der Waals surface area contributed by atoms with Gasteiger partial charge in [-0.05, 0) is 69.6 Å². The maximum atomic E-state index is 14.0. The molecule has 2 aromatic rings. The lowest BCUT2D eigenvalue weighted by atomic mass is 9.72. The minimum Gasteiger partial charge on any atom is -0.491 e. The van der Waals surface area contributed by atoms with Crippen molar-refractivity contribution >= 4 is 11.8 Å². The van der Waals surface area contributed by atoms with Gasteiger partial charge >= 0.3 is 0 Å². The first-order chi connectivity index (χ1) is 16.9. The summed E-state index contributed by atoms with van der Waals surface area (Å²) in [4.78, 5) is 30.9. The lowest BCUT2D eigenvalue weighted by Gasteiger charge is -2.44. The van der Waals surface area contributed by atoms with Crippen LogP contribution in [0.25, 0.3) is 0 Å². The Morgan fingerprint density at radius 1 is 1.11 bits per heavy atom. The molecule has 0 bridgehead atoms. The van der Waals surface area contributed by atoms with E-state index >= 15 is 0 Å². The van der Waals surface area contributed by atoms with E-state index in [-0.39, 0.29) is 23.3 Å². The van der Waals surface area contributed by atoms with Crippen LogP contribution in [0.15, 0.2) is 36.7 Å². The Morgan fingerprint density at radius 3 is 2.60 bits per heavy atom. The molecule has 1 saturated heterocycles. The van der Waals surface area contributed by atoms with E-state index in [2.05, 4.69) is 31.1 Å². The molecule has 1 aromatic carbocycles. The van der Waals surface area contributed by atoms with Crippen LogP contribution in [0.2, 0.25) is 0 Å². The van der Waals surface area contributed by atoms with Crippen LogP contribution in [-0.4, -0.2) is 63.7 Å². The number of ether oxygens (including phenoxy) is 1. The fourth-order valence-corrected chi connectivity index (χ4v) is 5.55. The molecule has 4 rings (SSSR count). The highest BCUT2D eigenvalue weighted by molar-refractivity contribution is 5.84. The molecule has 7 nitrogen and oxygen atoms in total. The second kappa shape index (κ2) is 11.3. The minimum atomic E-state index is -0.386. The van der Waals surface area contributed by atoms with Crippen LogP contribution in [0, 0.1) is 5.41 Å². The molecule has 0 N–H and O–H groups in total. The first-order valence-corrected chi connectivity index (χ1v) is 13.1. The average Bonchev–Trinajstić information content (AvgIpc) is 3.28. The fourth-order valence-electron chi connectivity index (χ4n) is 5.55. The molecule has 0 aliphatic carbocycles. The number of rotatable bonds is 4. The number of para-hydroxylation sites is 1. The molecule has 0 atom stereocenters. The summed E-state index contributed by atoms with van der Waals surface area (Å²) in [5.41, 5.74) is 1.95. The summed E-state index contributed by atoms with van der Waals surface area (Å²) in [5, 5.41) is 4.19. The average molecular weight is 481 g/mol. The lowest BCUT2D eigenvalue weighted by Crippen LogP contribution is -2.53. The zero-order valence-corrected chi connectivity index (χ0v) is 21.5. The summed E-state index contributed by atoms with van der Waals surface area (Å²) >= 11 is 0. The van der Waals surface area contributed by atoms with Gasteiger partial charge in [0, 0.05) is 38.8 Å². The van der Waals surface area contributed by atoms with Gasteiger partial charge in [0.1, 0.15) is 12.4 Å². The number of carbonyl (C=O) groups is 2. The smallest absolute Gasteiger partial charge is 0.229 e. The van der Waals surface area contributed by atoms with Crippen LogP contribution < -0.4 is 4.74 Å². The molecule has 35 heavy (non-hydrogen) atoms. The number of carbonyl (C=O) groups excluding carboxylic acids is 2. The maximum absolute atomic E-state index is 14.0. The van der Waals surface area contributed by atoms with E-state index < -0.39 is 0 Å². The van der Waals surface area contributed by atoms with Crippen molar-refractivity contribution in [1.82, 2.24) is 19.6 Å². The highest BCUT2D eigenvalue weighted by atomic mass is 16.5. The van der Waals surface area contributed by atoms with Crippen molar-refractivity contribution in [1.29, 1.82) is 0 Å². The van der Waals surface area contributed by atoms with E-state index in [0.717, 1.165) is 49.8 Å². The molecule has 0 radical (unpaired) electrons. The van der Waals surface area contributed by atoms with E-state index in [9.17, 15) is 9.59 Å². The molecule has 3 heterocycles. The van der Waals surface area contributed by atoms with Crippen LogP contribution in [-0.2, 0) is 29.5 Å². The highest BCUT2D eigenvalue weighted by Crippen LogP contribution is 2.40. The number of piperidine rings is 1. The molecular formula is C28H40N4O3. The van der Waals surface area contributed by atoms with Gasteiger partial charge in [0.2, 0.25) is 11.8 Å². The minimum absolute atomic E-state index is 0.111. The molecule has 7 heteroatoms. The Labute approximate surface area is 209 Å². The van der Waals surface area contributed by atoms with E-state index in [4.69, 9.17) is 4.74 Å². The summed E-state index contributed by atoms with van der Waals surface area (Å²) in [7, 11) is 1.89. The first kappa shape index (κ1) is 25.3. The molecule has 1 aromatic heterocycles. The molecule has 0 unspecified atom stereocenters. The second-order valence-electron chi connectivity index (χ2n) is 10.4. The summed E-state index contributed by atoms with van der Waals surface area (Å²) < 4.78 is 7.89. The maximum Gasteiger partial charge on any atom is 0.229 e. The Hall–Kier alpha value is -2.83. The second-order valence-corrected chi connectivity index (χ2v) is 10.4. The Kier molecular flexibility index (Phi) is 8.14. The number of aryl methyl sites for hydroxylation is 3. The third kappa shape index (κ3) is 6.06. The summed E-state index contributed by atoms with van der Waals surface area (Å²) in [5.74, 6) is 1.36. The predicted octanol–water partition coefficient (Wildman–Crippen LogP) is 4.00. The van der Waals surface area contributed by atoms with Gasteiger partial charge in [-0.1, -0.05) is 24.6 Å². The van der Waals surface area contributed by atoms with Crippen molar-refractivity contribution in [3.63, 3.8) is 0 Å². The van der Waals surface area contributed by atoms with Gasteiger partial charge in [0.15, 0.2) is 0 Å². The van der Waals surface area contributed by atoms with Gasteiger partial charge in [0.05, 0.1) is 18.2 Å². The fraction of sp³-hybridized carbons (Fsp3) is 0.607. The van der Waals surface area contributed by atoms with Gasteiger partial charge < -0.3 is 14.5 Å². The van der Waals surface area contributed by atoms with Gasteiger partial charge in [-0.2, -0.15) is 5.10 Å². The van der Waals surface area contributed by atoms with Gasteiger partial charge in [-0.25, -0.2) is 0 Å². The van der Waals surface area contributed by atoms with E-state index in [1.807, 2.05) is 41.4 Å². The zero-order chi connectivity index (χ0) is 24.8. The van der Waals surface area contributed by atoms with E-state index in [1.165, 1.54) is 5.56 Å². The van der Waals surface area contributed by atoms with Crippen molar-refractivity contribution in [2.75, 3.05) is 26.2 Å². The quantitative estimate of drug-likeness (QED) is 0.663. The first-order valence-electron chi connectivity index (χ1n) is 13.1. The van der Waals surface area contributed by atoms with Crippen LogP contribution in [0.3, 0.4) is 0 Å². The topological polar surface area (TPSA) is 67.7 Å². The van der Waals surface area contributed by atoms with Crippen molar-refractivity contribution in [2.45, 2.75) is 71.3 Å².